The molecular weight excluding hydrogens is 293 g/mol. The fraction of sp³-hybridized carbons (Fsp3) is 0. The molecule has 0 aliphatic heterocycles. The summed E-state index contributed by atoms with van der Waals surface area (Å²) in [4.78, 5) is 14.0. The van der Waals surface area contributed by atoms with Crippen LogP contribution in [0.3, 0.4) is 0 Å². The van der Waals surface area contributed by atoms with Crippen molar-refractivity contribution in [2.45, 2.75) is 0 Å². The Morgan fingerprint density at radius 3 is 2.42 bits per heavy atom. The smallest absolute Gasteiger partial charge is 0.331 e. The highest BCUT2D eigenvalue weighted by atomic mass is 35.5. The van der Waals surface area contributed by atoms with Gasteiger partial charge in [0.2, 0.25) is 0 Å². The summed E-state index contributed by atoms with van der Waals surface area (Å²) in [6.07, 6.45) is 0. The molecule has 0 aliphatic carbocycles. The first kappa shape index (κ1) is 13.4. The van der Waals surface area contributed by atoms with Crippen molar-refractivity contribution in [3.63, 3.8) is 0 Å². The fourth-order valence-corrected chi connectivity index (χ4v) is 1.87. The molecule has 1 aromatic heterocycles. The zero-order chi connectivity index (χ0) is 14.0. The van der Waals surface area contributed by atoms with Gasteiger partial charge in [0.1, 0.15) is 11.6 Å². The SMILES string of the molecule is Nc1ccc([N+](=O)[O-])c(Oc2cc(Cl)cc(Cl)c2)n1. The molecule has 2 aromatic rings. The maximum atomic E-state index is 10.8. The first-order valence-electron chi connectivity index (χ1n) is 5.00. The molecule has 0 aliphatic rings. The number of rotatable bonds is 3. The molecule has 0 fully saturated rings. The fourth-order valence-electron chi connectivity index (χ4n) is 1.36. The molecule has 0 saturated heterocycles. The van der Waals surface area contributed by atoms with E-state index in [2.05, 4.69) is 4.98 Å². The van der Waals surface area contributed by atoms with Gasteiger partial charge >= 0.3 is 11.6 Å². The van der Waals surface area contributed by atoms with E-state index in [0.29, 0.717) is 10.0 Å². The van der Waals surface area contributed by atoms with Crippen LogP contribution >= 0.6 is 23.2 Å². The zero-order valence-corrected chi connectivity index (χ0v) is 10.9. The molecule has 0 saturated carbocycles. The number of benzene rings is 1. The van der Waals surface area contributed by atoms with Crippen LogP contribution in [-0.4, -0.2) is 9.91 Å². The van der Waals surface area contributed by atoms with Crippen LogP contribution in [0, 0.1) is 10.1 Å². The minimum atomic E-state index is -0.617. The monoisotopic (exact) mass is 299 g/mol. The molecule has 0 radical (unpaired) electrons. The third kappa shape index (κ3) is 3.24. The second-order valence-electron chi connectivity index (χ2n) is 3.52. The van der Waals surface area contributed by atoms with Crippen LogP contribution in [0.5, 0.6) is 11.6 Å². The van der Waals surface area contributed by atoms with Gasteiger partial charge in [0, 0.05) is 16.1 Å². The average Bonchev–Trinajstić information content (AvgIpc) is 2.26. The summed E-state index contributed by atoms with van der Waals surface area (Å²) in [6, 6.07) is 6.96. The second-order valence-corrected chi connectivity index (χ2v) is 4.40. The van der Waals surface area contributed by atoms with E-state index in [1.807, 2.05) is 0 Å². The van der Waals surface area contributed by atoms with Crippen LogP contribution in [0.4, 0.5) is 11.5 Å². The van der Waals surface area contributed by atoms with Crippen LogP contribution in [0.15, 0.2) is 30.3 Å². The van der Waals surface area contributed by atoms with E-state index in [9.17, 15) is 10.1 Å². The van der Waals surface area contributed by atoms with Gasteiger partial charge in [-0.05, 0) is 24.3 Å². The van der Waals surface area contributed by atoms with Crippen molar-refractivity contribution in [2.75, 3.05) is 5.73 Å². The highest BCUT2D eigenvalue weighted by Gasteiger charge is 2.18. The standard InChI is InChI=1S/C11H7Cl2N3O3/c12-6-3-7(13)5-8(4-6)19-11-9(16(17)18)1-2-10(14)15-11/h1-5H,(H2,14,15). The summed E-state index contributed by atoms with van der Waals surface area (Å²) in [7, 11) is 0. The van der Waals surface area contributed by atoms with Crippen LogP contribution in [-0.2, 0) is 0 Å². The first-order valence-corrected chi connectivity index (χ1v) is 5.76. The molecule has 98 valence electrons. The van der Waals surface area contributed by atoms with E-state index < -0.39 is 4.92 Å². The van der Waals surface area contributed by atoms with Gasteiger partial charge in [-0.15, -0.1) is 0 Å². The van der Waals surface area contributed by atoms with E-state index in [1.54, 1.807) is 0 Å². The summed E-state index contributed by atoms with van der Waals surface area (Å²) in [6.45, 7) is 0. The first-order chi connectivity index (χ1) is 8.95. The van der Waals surface area contributed by atoms with Crippen molar-refractivity contribution in [1.82, 2.24) is 4.98 Å². The number of hydrogen-bond acceptors (Lipinski definition) is 5. The quantitative estimate of drug-likeness (QED) is 0.689. The molecule has 19 heavy (non-hydrogen) atoms. The number of pyridine rings is 1. The van der Waals surface area contributed by atoms with Gasteiger partial charge in [0.05, 0.1) is 4.92 Å². The summed E-state index contributed by atoms with van der Waals surface area (Å²) in [5.41, 5.74) is 5.17. The summed E-state index contributed by atoms with van der Waals surface area (Å²) in [5, 5.41) is 11.5. The summed E-state index contributed by atoms with van der Waals surface area (Å²) >= 11 is 11.6. The van der Waals surface area contributed by atoms with E-state index >= 15 is 0 Å². The van der Waals surface area contributed by atoms with Gasteiger partial charge in [-0.1, -0.05) is 23.2 Å². The van der Waals surface area contributed by atoms with Gasteiger partial charge in [-0.2, -0.15) is 4.98 Å². The van der Waals surface area contributed by atoms with Crippen molar-refractivity contribution >= 4 is 34.7 Å². The van der Waals surface area contributed by atoms with Crippen molar-refractivity contribution < 1.29 is 9.66 Å². The molecule has 0 bridgehead atoms. The zero-order valence-electron chi connectivity index (χ0n) is 9.34. The number of nitrogen functional groups attached to an aromatic ring is 1. The van der Waals surface area contributed by atoms with Gasteiger partial charge in [-0.25, -0.2) is 0 Å². The van der Waals surface area contributed by atoms with Crippen LogP contribution < -0.4 is 10.5 Å². The molecule has 2 N–H and O–H groups in total. The number of halogens is 2. The number of ether oxygens (including phenoxy) is 1. The number of hydrogen-bond donors (Lipinski definition) is 1. The molecule has 6 nitrogen and oxygen atoms in total. The molecule has 0 atom stereocenters. The largest absolute Gasteiger partial charge is 0.434 e. The molecular formula is C11H7Cl2N3O3. The lowest BCUT2D eigenvalue weighted by Crippen LogP contribution is -1.99. The highest BCUT2D eigenvalue weighted by molar-refractivity contribution is 6.34. The topological polar surface area (TPSA) is 91.3 Å². The highest BCUT2D eigenvalue weighted by Crippen LogP contribution is 2.32. The van der Waals surface area contributed by atoms with Gasteiger partial charge in [-0.3, -0.25) is 10.1 Å². The van der Waals surface area contributed by atoms with Crippen molar-refractivity contribution in [3.05, 3.63) is 50.5 Å². The Hall–Kier alpha value is -2.05. The molecule has 0 amide bonds. The van der Waals surface area contributed by atoms with Gasteiger partial charge in [0.15, 0.2) is 0 Å². The van der Waals surface area contributed by atoms with Crippen LogP contribution in [0.2, 0.25) is 10.0 Å². The third-order valence-corrected chi connectivity index (χ3v) is 2.55. The number of nitro groups is 1. The van der Waals surface area contributed by atoms with Crippen LogP contribution in [0.25, 0.3) is 0 Å². The lowest BCUT2D eigenvalue weighted by molar-refractivity contribution is -0.386. The molecule has 0 spiro atoms. The Bertz CT molecular complexity index is 629. The Labute approximate surface area is 117 Å². The predicted molar refractivity (Wildman–Crippen MR) is 71.8 cm³/mol. The van der Waals surface area contributed by atoms with Gasteiger partial charge < -0.3 is 10.5 Å². The molecule has 2 rings (SSSR count). The maximum Gasteiger partial charge on any atom is 0.331 e. The molecule has 1 aromatic carbocycles. The Morgan fingerprint density at radius 2 is 1.84 bits per heavy atom. The van der Waals surface area contributed by atoms with Crippen molar-refractivity contribution in [3.8, 4) is 11.6 Å². The third-order valence-electron chi connectivity index (χ3n) is 2.11. The predicted octanol–water partition coefficient (Wildman–Crippen LogP) is 3.67. The molecule has 8 heteroatoms. The van der Waals surface area contributed by atoms with E-state index in [4.69, 9.17) is 33.7 Å². The lowest BCUT2D eigenvalue weighted by Gasteiger charge is -2.06. The van der Waals surface area contributed by atoms with Crippen molar-refractivity contribution in [2.24, 2.45) is 0 Å². The average molecular weight is 300 g/mol. The van der Waals surface area contributed by atoms with E-state index in [-0.39, 0.29) is 23.1 Å². The number of nitrogens with zero attached hydrogens (tertiary/aromatic N) is 2. The Kier molecular flexibility index (Phi) is 3.73. The van der Waals surface area contributed by atoms with E-state index in [1.165, 1.54) is 30.3 Å². The Morgan fingerprint density at radius 1 is 1.21 bits per heavy atom. The summed E-state index contributed by atoms with van der Waals surface area (Å²) < 4.78 is 5.31. The Balaban J connectivity index is 2.42. The minimum absolute atomic E-state index is 0.105. The number of nitrogens with two attached hydrogens (primary N) is 1. The maximum absolute atomic E-state index is 10.8. The minimum Gasteiger partial charge on any atom is -0.434 e. The second kappa shape index (κ2) is 5.29. The van der Waals surface area contributed by atoms with Crippen LogP contribution in [0.1, 0.15) is 0 Å². The normalized spacial score (nSPS) is 10.2. The van der Waals surface area contributed by atoms with Gasteiger partial charge in [0.25, 0.3) is 0 Å². The van der Waals surface area contributed by atoms with E-state index in [0.717, 1.165) is 0 Å². The van der Waals surface area contributed by atoms with Crippen molar-refractivity contribution in [1.29, 1.82) is 0 Å². The molecule has 0 unspecified atom stereocenters. The number of anilines is 1. The lowest BCUT2D eigenvalue weighted by atomic mass is 10.3. The summed E-state index contributed by atoms with van der Waals surface area (Å²) in [5.74, 6) is 0.121. The molecule has 1 heterocycles. The number of aromatic nitrogens is 1.